The second-order valence-electron chi connectivity index (χ2n) is 9.18. The quantitative estimate of drug-likeness (QED) is 0.709. The molecule has 1 aliphatic carbocycles. The molecule has 2 N–H and O–H groups in total. The number of rotatable bonds is 5. The zero-order chi connectivity index (χ0) is 23.5. The number of benzene rings is 1. The van der Waals surface area contributed by atoms with Crippen LogP contribution in [0.3, 0.4) is 0 Å². The monoisotopic (exact) mass is 472 g/mol. The number of nitrogens with zero attached hydrogens (tertiary/aromatic N) is 3. The van der Waals surface area contributed by atoms with Gasteiger partial charge in [0.05, 0.1) is 17.1 Å². The van der Waals surface area contributed by atoms with Gasteiger partial charge in [-0.25, -0.2) is 4.79 Å². The largest absolute Gasteiger partial charge is 0.449 e. The molecule has 4 rings (SSSR count). The molecule has 8 heteroatoms. The number of carbonyl (C=O) groups is 2. The Morgan fingerprint density at radius 1 is 1.30 bits per heavy atom. The highest BCUT2D eigenvalue weighted by molar-refractivity contribution is 6.36. The maximum absolute atomic E-state index is 13.3. The lowest BCUT2D eigenvalue weighted by molar-refractivity contribution is 0.0414. The highest BCUT2D eigenvalue weighted by atomic mass is 35.5. The molecule has 7 nitrogen and oxygen atoms in total. The summed E-state index contributed by atoms with van der Waals surface area (Å²) in [6.45, 7) is 6.41. The Morgan fingerprint density at radius 2 is 2.12 bits per heavy atom. The van der Waals surface area contributed by atoms with Crippen LogP contribution in [0.2, 0.25) is 5.02 Å². The third-order valence-corrected chi connectivity index (χ3v) is 7.22. The second-order valence-corrected chi connectivity index (χ2v) is 9.56. The van der Waals surface area contributed by atoms with Crippen molar-refractivity contribution in [3.8, 4) is 0 Å². The minimum atomic E-state index is -0.307. The highest BCUT2D eigenvalue weighted by Gasteiger charge is 2.31. The smallest absolute Gasteiger partial charge is 0.409 e. The van der Waals surface area contributed by atoms with Gasteiger partial charge < -0.3 is 20.3 Å². The zero-order valence-corrected chi connectivity index (χ0v) is 20.2. The summed E-state index contributed by atoms with van der Waals surface area (Å²) in [6, 6.07) is 5.49. The van der Waals surface area contributed by atoms with Crippen LogP contribution in [-0.4, -0.2) is 65.6 Å². The molecule has 1 fully saturated rings. The van der Waals surface area contributed by atoms with E-state index in [1.807, 2.05) is 36.9 Å². The molecule has 0 radical (unpaired) electrons. The fraction of sp³-hybridized carbons (Fsp3) is 0.560. The Morgan fingerprint density at radius 3 is 2.85 bits per heavy atom. The summed E-state index contributed by atoms with van der Waals surface area (Å²) in [5, 5.41) is 1.65. The molecule has 1 saturated heterocycles. The summed E-state index contributed by atoms with van der Waals surface area (Å²) in [4.78, 5) is 33.9. The lowest BCUT2D eigenvalue weighted by Gasteiger charge is -2.39. The van der Waals surface area contributed by atoms with Crippen molar-refractivity contribution in [1.82, 2.24) is 14.8 Å². The molecule has 2 aromatic rings. The fourth-order valence-corrected chi connectivity index (χ4v) is 5.31. The molecule has 0 bridgehead atoms. The first-order valence-corrected chi connectivity index (χ1v) is 12.3. The van der Waals surface area contributed by atoms with E-state index in [2.05, 4.69) is 0 Å². The summed E-state index contributed by atoms with van der Waals surface area (Å²) >= 11 is 6.76. The minimum absolute atomic E-state index is 0.0531. The average molecular weight is 473 g/mol. The van der Waals surface area contributed by atoms with Gasteiger partial charge in [-0.1, -0.05) is 24.6 Å². The molecule has 0 saturated carbocycles. The molecule has 2 amide bonds. The number of hydrogen-bond donors (Lipinski definition) is 1. The number of pyridine rings is 1. The van der Waals surface area contributed by atoms with E-state index >= 15 is 0 Å². The zero-order valence-electron chi connectivity index (χ0n) is 19.5. The number of aromatic nitrogens is 1. The SMILES string of the molecule is CCCOC(=O)N1CCN(C(=O)c2ccc3c(Cl)c4c(nc3c2)CC(CCN)CC4)C(C)C1. The molecule has 0 spiro atoms. The Balaban J connectivity index is 1.53. The van der Waals surface area contributed by atoms with Crippen LogP contribution in [0.4, 0.5) is 4.79 Å². The third kappa shape index (κ3) is 4.94. The molecule has 2 aliphatic rings. The maximum atomic E-state index is 13.3. The molecule has 2 unspecified atom stereocenters. The van der Waals surface area contributed by atoms with E-state index in [1.165, 1.54) is 0 Å². The van der Waals surface area contributed by atoms with Crippen molar-refractivity contribution in [2.24, 2.45) is 11.7 Å². The van der Waals surface area contributed by atoms with Crippen LogP contribution in [0.15, 0.2) is 18.2 Å². The van der Waals surface area contributed by atoms with Gasteiger partial charge in [-0.15, -0.1) is 0 Å². The molecule has 178 valence electrons. The van der Waals surface area contributed by atoms with Crippen LogP contribution in [-0.2, 0) is 17.6 Å². The fourth-order valence-electron chi connectivity index (χ4n) is 4.95. The second kappa shape index (κ2) is 10.3. The van der Waals surface area contributed by atoms with E-state index in [1.54, 1.807) is 4.90 Å². The number of ether oxygens (including phenoxy) is 1. The number of halogens is 1. The van der Waals surface area contributed by atoms with Crippen LogP contribution in [0.1, 0.15) is 54.7 Å². The molecular formula is C25H33ClN4O3. The minimum Gasteiger partial charge on any atom is -0.449 e. The van der Waals surface area contributed by atoms with Gasteiger partial charge in [0.2, 0.25) is 0 Å². The van der Waals surface area contributed by atoms with E-state index in [0.29, 0.717) is 44.3 Å². The van der Waals surface area contributed by atoms with Gasteiger partial charge in [0.25, 0.3) is 5.91 Å². The number of amides is 2. The maximum Gasteiger partial charge on any atom is 0.409 e. The summed E-state index contributed by atoms with van der Waals surface area (Å²) in [5.41, 5.74) is 9.28. The van der Waals surface area contributed by atoms with Crippen molar-refractivity contribution < 1.29 is 14.3 Å². The number of carbonyl (C=O) groups excluding carboxylic acids is 2. The molecule has 2 heterocycles. The van der Waals surface area contributed by atoms with Crippen molar-refractivity contribution in [3.05, 3.63) is 40.0 Å². The highest BCUT2D eigenvalue weighted by Crippen LogP contribution is 2.35. The predicted molar refractivity (Wildman–Crippen MR) is 130 cm³/mol. The van der Waals surface area contributed by atoms with Gasteiger partial charge >= 0.3 is 6.09 Å². The standard InChI is InChI=1S/C25H33ClN4O3/c1-3-12-33-25(32)29-10-11-30(16(2)15-29)24(31)18-5-7-20-22(14-18)28-21-13-17(8-9-27)4-6-19(21)23(20)26/h5,7,14,16-17H,3-4,6,8-13,15,27H2,1-2H3. The van der Waals surface area contributed by atoms with Gasteiger partial charge in [-0.2, -0.15) is 0 Å². The molecule has 1 aromatic carbocycles. The van der Waals surface area contributed by atoms with E-state index in [9.17, 15) is 9.59 Å². The molecule has 2 atom stereocenters. The van der Waals surface area contributed by atoms with Crippen molar-refractivity contribution in [2.45, 2.75) is 52.0 Å². The summed E-state index contributed by atoms with van der Waals surface area (Å²) in [6.07, 6.45) is 4.36. The molecular weight excluding hydrogens is 440 g/mol. The number of hydrogen-bond acceptors (Lipinski definition) is 5. The van der Waals surface area contributed by atoms with Crippen LogP contribution in [0.25, 0.3) is 10.9 Å². The predicted octanol–water partition coefficient (Wildman–Crippen LogP) is 4.03. The molecule has 1 aliphatic heterocycles. The Hall–Kier alpha value is -2.38. The van der Waals surface area contributed by atoms with Crippen molar-refractivity contribution >= 4 is 34.5 Å². The van der Waals surface area contributed by atoms with Crippen molar-refractivity contribution in [2.75, 3.05) is 32.8 Å². The van der Waals surface area contributed by atoms with Gasteiger partial charge in [0, 0.05) is 42.3 Å². The lowest BCUT2D eigenvalue weighted by Crippen LogP contribution is -2.55. The third-order valence-electron chi connectivity index (χ3n) is 6.79. The van der Waals surface area contributed by atoms with Gasteiger partial charge in [-0.3, -0.25) is 9.78 Å². The molecule has 33 heavy (non-hydrogen) atoms. The lowest BCUT2D eigenvalue weighted by atomic mass is 9.84. The van der Waals surface area contributed by atoms with Gasteiger partial charge in [0.15, 0.2) is 0 Å². The van der Waals surface area contributed by atoms with Crippen molar-refractivity contribution in [1.29, 1.82) is 0 Å². The van der Waals surface area contributed by atoms with Crippen LogP contribution < -0.4 is 5.73 Å². The number of piperazine rings is 1. The van der Waals surface area contributed by atoms with Crippen molar-refractivity contribution in [3.63, 3.8) is 0 Å². The van der Waals surface area contributed by atoms with E-state index < -0.39 is 0 Å². The van der Waals surface area contributed by atoms with Crippen LogP contribution in [0.5, 0.6) is 0 Å². The molecule has 1 aromatic heterocycles. The van der Waals surface area contributed by atoms with E-state index in [-0.39, 0.29) is 18.0 Å². The van der Waals surface area contributed by atoms with Crippen LogP contribution in [0, 0.1) is 5.92 Å². The van der Waals surface area contributed by atoms with Gasteiger partial charge in [0.1, 0.15) is 0 Å². The van der Waals surface area contributed by atoms with Crippen LogP contribution >= 0.6 is 11.6 Å². The Kier molecular flexibility index (Phi) is 7.39. The normalized spacial score (nSPS) is 20.6. The topological polar surface area (TPSA) is 88.8 Å². The number of nitrogens with two attached hydrogens (primary N) is 1. The summed E-state index contributed by atoms with van der Waals surface area (Å²) in [7, 11) is 0. The average Bonchev–Trinajstić information content (AvgIpc) is 2.82. The van der Waals surface area contributed by atoms with Gasteiger partial charge in [-0.05, 0) is 69.2 Å². The summed E-state index contributed by atoms with van der Waals surface area (Å²) in [5.74, 6) is 0.483. The first-order chi connectivity index (χ1) is 15.9. The Labute approximate surface area is 200 Å². The summed E-state index contributed by atoms with van der Waals surface area (Å²) < 4.78 is 5.24. The first kappa shape index (κ1) is 23.8. The van der Waals surface area contributed by atoms with E-state index in [0.717, 1.165) is 59.3 Å². The number of fused-ring (bicyclic) bond motifs is 2. The first-order valence-electron chi connectivity index (χ1n) is 12.0. The van der Waals surface area contributed by atoms with E-state index in [4.69, 9.17) is 27.1 Å². The Bertz CT molecular complexity index is 1040.